The maximum absolute atomic E-state index is 11.5. The van der Waals surface area contributed by atoms with Gasteiger partial charge in [0.15, 0.2) is 9.84 Å². The molecule has 0 aliphatic carbocycles. The lowest BCUT2D eigenvalue weighted by atomic mass is 10.0. The van der Waals surface area contributed by atoms with E-state index in [0.29, 0.717) is 0 Å². The van der Waals surface area contributed by atoms with E-state index in [1.807, 2.05) is 31.2 Å². The number of rotatable bonds is 4. The van der Waals surface area contributed by atoms with Gasteiger partial charge in [-0.1, -0.05) is 29.8 Å². The fourth-order valence-electron chi connectivity index (χ4n) is 1.69. The van der Waals surface area contributed by atoms with Gasteiger partial charge in [0.05, 0.1) is 5.25 Å². The van der Waals surface area contributed by atoms with Gasteiger partial charge in [-0.25, -0.2) is 8.42 Å². The van der Waals surface area contributed by atoms with Gasteiger partial charge in [-0.15, -0.1) is 0 Å². The molecule has 0 fully saturated rings. The molecule has 1 aromatic carbocycles. The molecule has 4 heteroatoms. The van der Waals surface area contributed by atoms with E-state index in [1.165, 1.54) is 11.8 Å². The molecule has 0 radical (unpaired) electrons. The van der Waals surface area contributed by atoms with Gasteiger partial charge < -0.3 is 5.32 Å². The molecule has 0 aliphatic rings. The van der Waals surface area contributed by atoms with E-state index in [2.05, 4.69) is 5.32 Å². The molecule has 3 nitrogen and oxygen atoms in total. The number of sulfone groups is 1. The Balaban J connectivity index is 3.03. The number of benzene rings is 1. The first kappa shape index (κ1) is 13.2. The van der Waals surface area contributed by atoms with Crippen molar-refractivity contribution >= 4 is 9.84 Å². The summed E-state index contributed by atoms with van der Waals surface area (Å²) in [5.41, 5.74) is 2.18. The Morgan fingerprint density at radius 2 is 1.69 bits per heavy atom. The van der Waals surface area contributed by atoms with Crippen LogP contribution in [0, 0.1) is 6.92 Å². The number of hydrogen-bond donors (Lipinski definition) is 1. The van der Waals surface area contributed by atoms with Crippen molar-refractivity contribution in [2.45, 2.75) is 25.1 Å². The third kappa shape index (κ3) is 3.06. The van der Waals surface area contributed by atoms with Crippen LogP contribution in [0.2, 0.25) is 0 Å². The molecule has 0 heterocycles. The quantitative estimate of drug-likeness (QED) is 0.872. The summed E-state index contributed by atoms with van der Waals surface area (Å²) in [6.45, 7) is 3.74. The molecule has 0 bridgehead atoms. The van der Waals surface area contributed by atoms with Gasteiger partial charge in [-0.05, 0) is 26.5 Å². The van der Waals surface area contributed by atoms with E-state index in [4.69, 9.17) is 0 Å². The molecule has 0 saturated heterocycles. The van der Waals surface area contributed by atoms with E-state index in [-0.39, 0.29) is 6.04 Å². The molecule has 16 heavy (non-hydrogen) atoms. The van der Waals surface area contributed by atoms with Crippen LogP contribution in [0.3, 0.4) is 0 Å². The molecular weight excluding hydrogens is 222 g/mol. The summed E-state index contributed by atoms with van der Waals surface area (Å²) < 4.78 is 23.1. The topological polar surface area (TPSA) is 46.2 Å². The van der Waals surface area contributed by atoms with E-state index in [1.54, 1.807) is 14.0 Å². The fourth-order valence-corrected chi connectivity index (χ4v) is 2.48. The summed E-state index contributed by atoms with van der Waals surface area (Å²) in [6, 6.07) is 7.77. The number of nitrogens with one attached hydrogen (secondary N) is 1. The van der Waals surface area contributed by atoms with Crippen LogP contribution in [-0.2, 0) is 9.84 Å². The van der Waals surface area contributed by atoms with E-state index >= 15 is 0 Å². The molecule has 2 atom stereocenters. The van der Waals surface area contributed by atoms with Crippen LogP contribution in [0.25, 0.3) is 0 Å². The molecule has 0 aromatic heterocycles. The second-order valence-electron chi connectivity index (χ2n) is 4.21. The summed E-state index contributed by atoms with van der Waals surface area (Å²) in [4.78, 5) is 0. The molecule has 0 spiro atoms. The minimum atomic E-state index is -3.03. The van der Waals surface area contributed by atoms with Crippen molar-refractivity contribution < 1.29 is 8.42 Å². The Hall–Kier alpha value is -0.870. The average molecular weight is 241 g/mol. The minimum absolute atomic E-state index is 0.157. The lowest BCUT2D eigenvalue weighted by molar-refractivity contribution is 0.535. The van der Waals surface area contributed by atoms with Crippen molar-refractivity contribution in [3.8, 4) is 0 Å². The van der Waals surface area contributed by atoms with Gasteiger partial charge in [0, 0.05) is 12.3 Å². The van der Waals surface area contributed by atoms with E-state index in [9.17, 15) is 8.42 Å². The second kappa shape index (κ2) is 4.97. The summed E-state index contributed by atoms with van der Waals surface area (Å²) in [5.74, 6) is 0. The van der Waals surface area contributed by atoms with Crippen LogP contribution in [0.5, 0.6) is 0 Å². The molecule has 0 aliphatic heterocycles. The normalized spacial score (nSPS) is 15.8. The summed E-state index contributed by atoms with van der Waals surface area (Å²) in [7, 11) is -1.25. The number of aryl methyl sites for hydroxylation is 1. The lowest BCUT2D eigenvalue weighted by Crippen LogP contribution is -2.32. The van der Waals surface area contributed by atoms with Crippen LogP contribution in [-0.4, -0.2) is 27.0 Å². The highest BCUT2D eigenvalue weighted by atomic mass is 32.2. The van der Waals surface area contributed by atoms with Crippen LogP contribution in [0.1, 0.15) is 24.1 Å². The zero-order valence-electron chi connectivity index (χ0n) is 10.2. The Kier molecular flexibility index (Phi) is 4.10. The molecule has 0 saturated carbocycles. The van der Waals surface area contributed by atoms with Gasteiger partial charge >= 0.3 is 0 Å². The molecule has 2 unspecified atom stereocenters. The SMILES string of the molecule is CNC(c1ccc(C)cc1)C(C)S(C)(=O)=O. The number of hydrogen-bond acceptors (Lipinski definition) is 3. The van der Waals surface area contributed by atoms with Crippen molar-refractivity contribution in [1.82, 2.24) is 5.32 Å². The highest BCUT2D eigenvalue weighted by Crippen LogP contribution is 2.21. The maximum atomic E-state index is 11.5. The minimum Gasteiger partial charge on any atom is -0.312 e. The predicted molar refractivity (Wildman–Crippen MR) is 67.3 cm³/mol. The smallest absolute Gasteiger partial charge is 0.151 e. The van der Waals surface area contributed by atoms with Crippen molar-refractivity contribution in [3.05, 3.63) is 35.4 Å². The predicted octanol–water partition coefficient (Wildman–Crippen LogP) is 1.69. The van der Waals surface area contributed by atoms with Crippen molar-refractivity contribution in [2.24, 2.45) is 0 Å². The molecule has 1 N–H and O–H groups in total. The van der Waals surface area contributed by atoms with Crippen LogP contribution in [0.15, 0.2) is 24.3 Å². The molecule has 1 rings (SSSR count). The average Bonchev–Trinajstić information content (AvgIpc) is 2.20. The Labute approximate surface area is 97.8 Å². The largest absolute Gasteiger partial charge is 0.312 e. The van der Waals surface area contributed by atoms with Crippen LogP contribution in [0.4, 0.5) is 0 Å². The Morgan fingerprint density at radius 1 is 1.19 bits per heavy atom. The zero-order chi connectivity index (χ0) is 12.3. The standard InChI is InChI=1S/C12H19NO2S/c1-9-5-7-11(8-6-9)12(13-3)10(2)16(4,14)15/h5-8,10,12-13H,1-4H3. The summed E-state index contributed by atoms with van der Waals surface area (Å²) in [6.07, 6.45) is 1.27. The summed E-state index contributed by atoms with van der Waals surface area (Å²) >= 11 is 0. The van der Waals surface area contributed by atoms with Crippen LogP contribution >= 0.6 is 0 Å². The summed E-state index contributed by atoms with van der Waals surface area (Å²) in [5, 5.41) is 2.63. The monoisotopic (exact) mass is 241 g/mol. The first-order chi connectivity index (χ1) is 7.36. The van der Waals surface area contributed by atoms with Gasteiger partial charge in [-0.2, -0.15) is 0 Å². The van der Waals surface area contributed by atoms with Crippen molar-refractivity contribution in [1.29, 1.82) is 0 Å². The maximum Gasteiger partial charge on any atom is 0.151 e. The first-order valence-electron chi connectivity index (χ1n) is 5.29. The molecule has 90 valence electrons. The zero-order valence-corrected chi connectivity index (χ0v) is 11.0. The van der Waals surface area contributed by atoms with Gasteiger partial charge in [0.2, 0.25) is 0 Å². The molecular formula is C12H19NO2S. The Bertz CT molecular complexity index is 437. The van der Waals surface area contributed by atoms with E-state index < -0.39 is 15.1 Å². The van der Waals surface area contributed by atoms with E-state index in [0.717, 1.165) is 5.56 Å². The van der Waals surface area contributed by atoms with Gasteiger partial charge in [0.1, 0.15) is 0 Å². The third-order valence-electron chi connectivity index (χ3n) is 2.89. The van der Waals surface area contributed by atoms with Gasteiger partial charge in [0.25, 0.3) is 0 Å². The first-order valence-corrected chi connectivity index (χ1v) is 7.24. The highest BCUT2D eigenvalue weighted by molar-refractivity contribution is 7.91. The molecule has 0 amide bonds. The van der Waals surface area contributed by atoms with Crippen molar-refractivity contribution in [3.63, 3.8) is 0 Å². The fraction of sp³-hybridized carbons (Fsp3) is 0.500. The third-order valence-corrected chi connectivity index (χ3v) is 4.52. The lowest BCUT2D eigenvalue weighted by Gasteiger charge is -2.22. The van der Waals surface area contributed by atoms with Gasteiger partial charge in [-0.3, -0.25) is 0 Å². The Morgan fingerprint density at radius 3 is 2.06 bits per heavy atom. The van der Waals surface area contributed by atoms with Crippen LogP contribution < -0.4 is 5.32 Å². The van der Waals surface area contributed by atoms with Crippen molar-refractivity contribution in [2.75, 3.05) is 13.3 Å². The molecule has 1 aromatic rings. The highest BCUT2D eigenvalue weighted by Gasteiger charge is 2.25. The second-order valence-corrected chi connectivity index (χ2v) is 6.61.